The van der Waals surface area contributed by atoms with E-state index in [1.165, 1.54) is 147 Å². The Morgan fingerprint density at radius 1 is 0.528 bits per heavy atom. The van der Waals surface area contributed by atoms with E-state index in [-0.39, 0.29) is 48.3 Å². The van der Waals surface area contributed by atoms with Gasteiger partial charge in [-0.05, 0) is 63.5 Å². The first-order valence-electron chi connectivity index (χ1n) is 21.1. The first-order chi connectivity index (χ1) is 25.3. The maximum Gasteiger partial charge on any atom is 1.00 e. The molecule has 0 atom stereocenters. The van der Waals surface area contributed by atoms with Crippen LogP contribution in [0.3, 0.4) is 0 Å². The molecule has 0 saturated heterocycles. The third kappa shape index (κ3) is 28.6. The molecule has 0 aliphatic heterocycles. The zero-order chi connectivity index (χ0) is 38.0. The molecule has 0 bridgehead atoms. The van der Waals surface area contributed by atoms with Crippen molar-refractivity contribution in [1.82, 2.24) is 0 Å². The zero-order valence-electron chi connectivity index (χ0n) is 34.0. The Bertz CT molecular complexity index is 1210. The smallest absolute Gasteiger partial charge is 0.744 e. The number of carbonyl (C=O) groups excluding carboxylic acids is 2. The monoisotopic (exact) mass is 768 g/mol. The Morgan fingerprint density at radius 3 is 1.25 bits per heavy atom. The standard InChI is InChI=1S/C44H74O7S.Na/c1-3-5-7-9-11-13-15-17-19-21-23-25-27-29-31-33-38-50-43(45)40-36-35-37-41(52(47,48)49)42(40)44(46)51-39-34-32-30-28-26-24-22-20-18-16-14-12-10-8-6-4-2;/h27-30,35-37H,3-26,31-34,38-39H2,1-2H3,(H,47,48,49);/q;+1/p-1/b29-27+,30-28+;. The third-order valence-electron chi connectivity index (χ3n) is 9.50. The third-order valence-corrected chi connectivity index (χ3v) is 10.4. The number of benzene rings is 1. The van der Waals surface area contributed by atoms with Crippen molar-refractivity contribution < 1.29 is 61.6 Å². The van der Waals surface area contributed by atoms with Crippen LogP contribution >= 0.6 is 0 Å². The molecule has 53 heavy (non-hydrogen) atoms. The van der Waals surface area contributed by atoms with Gasteiger partial charge in [0.1, 0.15) is 10.1 Å². The molecule has 0 fully saturated rings. The normalized spacial score (nSPS) is 11.7. The summed E-state index contributed by atoms with van der Waals surface area (Å²) in [6.45, 7) is 4.65. The molecular formula is C44H73NaO7S. The molecule has 1 rings (SSSR count). The van der Waals surface area contributed by atoms with Crippen molar-refractivity contribution in [3.05, 3.63) is 53.6 Å². The van der Waals surface area contributed by atoms with Gasteiger partial charge in [0.05, 0.1) is 29.2 Å². The topological polar surface area (TPSA) is 110 Å². The second-order valence-electron chi connectivity index (χ2n) is 14.3. The molecule has 9 heteroatoms. The number of carbonyl (C=O) groups is 2. The minimum absolute atomic E-state index is 0. The van der Waals surface area contributed by atoms with Crippen LogP contribution in [0.15, 0.2) is 47.4 Å². The van der Waals surface area contributed by atoms with Crippen molar-refractivity contribution in [2.75, 3.05) is 13.2 Å². The van der Waals surface area contributed by atoms with Gasteiger partial charge in [0, 0.05) is 0 Å². The van der Waals surface area contributed by atoms with Crippen LogP contribution in [0.4, 0.5) is 0 Å². The molecule has 1 aromatic carbocycles. The summed E-state index contributed by atoms with van der Waals surface area (Å²) in [6.07, 6.45) is 42.1. The first kappa shape index (κ1) is 51.5. The maximum absolute atomic E-state index is 13.0. The molecule has 0 amide bonds. The van der Waals surface area contributed by atoms with Crippen molar-refractivity contribution >= 4 is 22.1 Å². The molecular weight excluding hydrogens is 696 g/mol. The number of rotatable bonds is 35. The molecule has 0 spiro atoms. The zero-order valence-corrected chi connectivity index (χ0v) is 36.8. The summed E-state index contributed by atoms with van der Waals surface area (Å²) in [5.41, 5.74) is -0.831. The van der Waals surface area contributed by atoms with E-state index in [1.807, 2.05) is 0 Å². The number of hydrogen-bond acceptors (Lipinski definition) is 7. The summed E-state index contributed by atoms with van der Waals surface area (Å²) in [7, 11) is -5.03. The summed E-state index contributed by atoms with van der Waals surface area (Å²) in [4.78, 5) is 25.1. The Labute approximate surface area is 347 Å². The average Bonchev–Trinajstić information content (AvgIpc) is 3.13. The molecule has 1 aromatic rings. The number of ether oxygens (including phenoxy) is 2. The maximum atomic E-state index is 13.0. The van der Waals surface area contributed by atoms with Gasteiger partial charge in [-0.1, -0.05) is 173 Å². The van der Waals surface area contributed by atoms with Gasteiger partial charge >= 0.3 is 41.5 Å². The molecule has 0 aliphatic rings. The average molecular weight is 769 g/mol. The molecule has 0 heterocycles. The van der Waals surface area contributed by atoms with E-state index >= 15 is 0 Å². The van der Waals surface area contributed by atoms with E-state index in [4.69, 9.17) is 9.47 Å². The minimum Gasteiger partial charge on any atom is -0.744 e. The largest absolute Gasteiger partial charge is 1.00 e. The molecule has 298 valence electrons. The predicted octanol–water partition coefficient (Wildman–Crippen LogP) is 9.98. The fourth-order valence-electron chi connectivity index (χ4n) is 6.33. The van der Waals surface area contributed by atoms with Crippen molar-refractivity contribution in [1.29, 1.82) is 0 Å². The van der Waals surface area contributed by atoms with Crippen molar-refractivity contribution in [3.63, 3.8) is 0 Å². The molecule has 0 N–H and O–H groups in total. The summed E-state index contributed by atoms with van der Waals surface area (Å²) in [5.74, 6) is -1.87. The van der Waals surface area contributed by atoms with Crippen LogP contribution in [0.25, 0.3) is 0 Å². The van der Waals surface area contributed by atoms with Crippen LogP contribution in [0.2, 0.25) is 0 Å². The SMILES string of the molecule is CCCCCCCCCCCCC/C=C/CCCOC(=O)c1cccc(S(=O)(=O)[O-])c1C(=O)OCCC/C=C/CCCCCCCCCCCCC.[Na+]. The van der Waals surface area contributed by atoms with E-state index in [1.54, 1.807) is 0 Å². The van der Waals surface area contributed by atoms with E-state index < -0.39 is 32.5 Å². The van der Waals surface area contributed by atoms with E-state index in [0.717, 1.165) is 31.7 Å². The fraction of sp³-hybridized carbons (Fsp3) is 0.727. The number of allylic oxidation sites excluding steroid dienone is 4. The Kier molecular flexibility index (Phi) is 35.2. The second kappa shape index (κ2) is 36.2. The second-order valence-corrected chi connectivity index (χ2v) is 15.6. The van der Waals surface area contributed by atoms with E-state index in [9.17, 15) is 22.6 Å². The van der Waals surface area contributed by atoms with Gasteiger partial charge in [-0.3, -0.25) is 0 Å². The minimum atomic E-state index is -5.03. The summed E-state index contributed by atoms with van der Waals surface area (Å²) in [5, 5.41) is 0. The van der Waals surface area contributed by atoms with Crippen LogP contribution in [0.1, 0.15) is 214 Å². The molecule has 0 unspecified atom stereocenters. The van der Waals surface area contributed by atoms with Crippen LogP contribution in [-0.4, -0.2) is 38.1 Å². The van der Waals surface area contributed by atoms with Gasteiger partial charge in [-0.2, -0.15) is 0 Å². The molecule has 0 saturated carbocycles. The van der Waals surface area contributed by atoms with Crippen molar-refractivity contribution in [2.24, 2.45) is 0 Å². The van der Waals surface area contributed by atoms with E-state index in [0.29, 0.717) is 19.3 Å². The van der Waals surface area contributed by atoms with Gasteiger partial charge in [-0.25, -0.2) is 18.0 Å². The van der Waals surface area contributed by atoms with Crippen molar-refractivity contribution in [2.45, 2.75) is 199 Å². The number of esters is 2. The Balaban J connectivity index is 0.0000270. The summed E-state index contributed by atoms with van der Waals surface area (Å²) in [6, 6.07) is 3.57. The van der Waals surface area contributed by atoms with Crippen LogP contribution < -0.4 is 29.6 Å². The van der Waals surface area contributed by atoms with Gasteiger partial charge in [-0.15, -0.1) is 0 Å². The fourth-order valence-corrected chi connectivity index (χ4v) is 7.01. The molecule has 0 radical (unpaired) electrons. The predicted molar refractivity (Wildman–Crippen MR) is 214 cm³/mol. The van der Waals surface area contributed by atoms with Crippen molar-refractivity contribution in [3.8, 4) is 0 Å². The molecule has 0 aliphatic carbocycles. The van der Waals surface area contributed by atoms with Crippen LogP contribution in [0.5, 0.6) is 0 Å². The van der Waals surface area contributed by atoms with E-state index in [2.05, 4.69) is 38.2 Å². The van der Waals surface area contributed by atoms with Crippen LogP contribution in [-0.2, 0) is 19.6 Å². The number of hydrogen-bond donors (Lipinski definition) is 0. The van der Waals surface area contributed by atoms with Crippen LogP contribution in [0, 0.1) is 0 Å². The van der Waals surface area contributed by atoms with Gasteiger partial charge in [0.15, 0.2) is 0 Å². The first-order valence-corrected chi connectivity index (χ1v) is 22.5. The Morgan fingerprint density at radius 2 is 0.868 bits per heavy atom. The van der Waals surface area contributed by atoms with Gasteiger partial charge < -0.3 is 14.0 Å². The van der Waals surface area contributed by atoms with Gasteiger partial charge in [0.2, 0.25) is 0 Å². The summed E-state index contributed by atoms with van der Waals surface area (Å²) >= 11 is 0. The van der Waals surface area contributed by atoms with Gasteiger partial charge in [0.25, 0.3) is 0 Å². The quantitative estimate of drug-likeness (QED) is 0.0222. The molecule has 7 nitrogen and oxygen atoms in total. The number of unbranched alkanes of at least 4 members (excludes halogenated alkanes) is 24. The Hall–Kier alpha value is -1.45. The molecule has 0 aromatic heterocycles. The summed E-state index contributed by atoms with van der Waals surface area (Å²) < 4.78 is 46.6.